The molecule has 8 nitrogen and oxygen atoms in total. The molecule has 27 heavy (non-hydrogen) atoms. The van der Waals surface area contributed by atoms with Crippen LogP contribution in [-0.4, -0.2) is 34.3 Å². The summed E-state index contributed by atoms with van der Waals surface area (Å²) in [6.07, 6.45) is 7.29. The van der Waals surface area contributed by atoms with Crippen molar-refractivity contribution in [3.05, 3.63) is 78.2 Å². The quantitative estimate of drug-likeness (QED) is 0.466. The third-order valence-corrected chi connectivity index (χ3v) is 4.31. The molecule has 0 spiro atoms. The predicted octanol–water partition coefficient (Wildman–Crippen LogP) is 3.14. The first-order valence-corrected chi connectivity index (χ1v) is 8.26. The fourth-order valence-electron chi connectivity index (χ4n) is 2.95. The van der Waals surface area contributed by atoms with Crippen molar-refractivity contribution in [3.8, 4) is 11.3 Å². The first-order valence-electron chi connectivity index (χ1n) is 8.26. The molecule has 0 amide bonds. The van der Waals surface area contributed by atoms with Crippen molar-refractivity contribution in [1.82, 2.24) is 34.3 Å². The van der Waals surface area contributed by atoms with Gasteiger partial charge in [-0.2, -0.15) is 0 Å². The lowest BCUT2D eigenvalue weighted by Crippen LogP contribution is -2.04. The summed E-state index contributed by atoms with van der Waals surface area (Å²) < 4.78 is 3.79. The van der Waals surface area contributed by atoms with E-state index in [1.807, 2.05) is 30.6 Å². The molecule has 5 aromatic rings. The van der Waals surface area contributed by atoms with Crippen molar-refractivity contribution >= 4 is 22.6 Å². The van der Waals surface area contributed by atoms with Crippen LogP contribution in [0.5, 0.6) is 0 Å². The highest BCUT2D eigenvalue weighted by Crippen LogP contribution is 2.20. The van der Waals surface area contributed by atoms with Gasteiger partial charge in [0.05, 0.1) is 18.4 Å². The van der Waals surface area contributed by atoms with Gasteiger partial charge in [0.2, 0.25) is 5.65 Å². The summed E-state index contributed by atoms with van der Waals surface area (Å²) >= 11 is 0. The minimum atomic E-state index is 0.347. The van der Waals surface area contributed by atoms with Crippen LogP contribution in [0.4, 0.5) is 5.82 Å². The van der Waals surface area contributed by atoms with Crippen molar-refractivity contribution in [2.45, 2.75) is 6.54 Å². The molecular weight excluding hydrogens is 340 g/mol. The number of pyridine rings is 2. The van der Waals surface area contributed by atoms with Crippen LogP contribution in [0.1, 0.15) is 5.56 Å². The zero-order valence-corrected chi connectivity index (χ0v) is 14.1. The maximum atomic E-state index is 6.99. The van der Waals surface area contributed by atoms with Gasteiger partial charge in [-0.25, -0.2) is 14.6 Å². The molecule has 8 heteroatoms. The van der Waals surface area contributed by atoms with Gasteiger partial charge in [0.1, 0.15) is 6.20 Å². The average Bonchev–Trinajstić information content (AvgIpc) is 3.34. The minimum absolute atomic E-state index is 0.347. The molecule has 5 aromatic heterocycles. The van der Waals surface area contributed by atoms with E-state index < -0.39 is 0 Å². The van der Waals surface area contributed by atoms with Crippen molar-refractivity contribution in [1.29, 1.82) is 0 Å². The van der Waals surface area contributed by atoms with Crippen molar-refractivity contribution in [3.63, 3.8) is 0 Å². The van der Waals surface area contributed by atoms with Crippen molar-refractivity contribution < 1.29 is 0 Å². The lowest BCUT2D eigenvalue weighted by atomic mass is 10.2. The molecule has 0 aromatic carbocycles. The van der Waals surface area contributed by atoms with E-state index in [2.05, 4.69) is 46.6 Å². The van der Waals surface area contributed by atoms with E-state index in [0.717, 1.165) is 16.6 Å². The number of fused-ring (bicyclic) bond motifs is 2. The van der Waals surface area contributed by atoms with E-state index in [1.54, 1.807) is 23.1 Å². The number of aromatic nitrogens is 7. The van der Waals surface area contributed by atoms with E-state index in [4.69, 9.17) is 6.57 Å². The normalized spacial score (nSPS) is 11.1. The highest BCUT2D eigenvalue weighted by molar-refractivity contribution is 5.70. The molecular formula is C19H12N8. The summed E-state index contributed by atoms with van der Waals surface area (Å²) in [6, 6.07) is 11.7. The molecule has 0 saturated carbocycles. The number of hydrogen-bond acceptors (Lipinski definition) is 5. The Bertz CT molecular complexity index is 1310. The SMILES string of the molecule is [C-]#[N+]c1ccc(-c2cnc3nnn(Cc4ccn5cccc5c4)c3n2)cn1. The maximum Gasteiger partial charge on any atom is 0.269 e. The molecule has 0 aliphatic rings. The Balaban J connectivity index is 1.53. The smallest absolute Gasteiger partial charge is 0.269 e. The van der Waals surface area contributed by atoms with E-state index in [0.29, 0.717) is 29.4 Å². The van der Waals surface area contributed by atoms with E-state index in [-0.39, 0.29) is 0 Å². The summed E-state index contributed by atoms with van der Waals surface area (Å²) in [5.41, 5.74) is 4.78. The summed E-state index contributed by atoms with van der Waals surface area (Å²) in [7, 11) is 0. The number of nitrogens with zero attached hydrogens (tertiary/aromatic N) is 8. The van der Waals surface area contributed by atoms with Crippen LogP contribution in [0.25, 0.3) is 32.9 Å². The second-order valence-electron chi connectivity index (χ2n) is 6.04. The van der Waals surface area contributed by atoms with Crippen LogP contribution in [-0.2, 0) is 6.54 Å². The zero-order valence-electron chi connectivity index (χ0n) is 14.1. The van der Waals surface area contributed by atoms with Gasteiger partial charge in [-0.3, -0.25) is 0 Å². The lowest BCUT2D eigenvalue weighted by Gasteiger charge is -2.04. The lowest BCUT2D eigenvalue weighted by molar-refractivity contribution is 0.664. The van der Waals surface area contributed by atoms with Crippen LogP contribution in [0.3, 0.4) is 0 Å². The third kappa shape index (κ3) is 2.67. The molecule has 0 N–H and O–H groups in total. The minimum Gasteiger partial charge on any atom is -0.361 e. The molecule has 0 bridgehead atoms. The van der Waals surface area contributed by atoms with Crippen LogP contribution >= 0.6 is 0 Å². The molecule has 5 rings (SSSR count). The molecule has 128 valence electrons. The van der Waals surface area contributed by atoms with E-state index in [9.17, 15) is 0 Å². The molecule has 0 saturated heterocycles. The van der Waals surface area contributed by atoms with Crippen molar-refractivity contribution in [2.75, 3.05) is 0 Å². The summed E-state index contributed by atoms with van der Waals surface area (Å²) in [4.78, 5) is 16.4. The van der Waals surface area contributed by atoms with Crippen LogP contribution in [0, 0.1) is 6.57 Å². The van der Waals surface area contributed by atoms with Gasteiger partial charge in [0.15, 0.2) is 5.65 Å². The molecule has 0 aliphatic carbocycles. The van der Waals surface area contributed by atoms with Crippen molar-refractivity contribution in [2.24, 2.45) is 0 Å². The average molecular weight is 352 g/mol. The van der Waals surface area contributed by atoms with Gasteiger partial charge >= 0.3 is 0 Å². The van der Waals surface area contributed by atoms with Gasteiger partial charge in [0.25, 0.3) is 5.82 Å². The summed E-state index contributed by atoms with van der Waals surface area (Å²) in [5.74, 6) is 0.347. The summed E-state index contributed by atoms with van der Waals surface area (Å²) in [5, 5.41) is 8.31. The van der Waals surface area contributed by atoms with E-state index >= 15 is 0 Å². The zero-order chi connectivity index (χ0) is 18.2. The molecule has 0 unspecified atom stereocenters. The first-order chi connectivity index (χ1) is 13.3. The monoisotopic (exact) mass is 352 g/mol. The molecule has 0 radical (unpaired) electrons. The Kier molecular flexibility index (Phi) is 3.37. The van der Waals surface area contributed by atoms with Crippen LogP contribution in [0.2, 0.25) is 0 Å². The maximum absolute atomic E-state index is 6.99. The van der Waals surface area contributed by atoms with E-state index in [1.165, 1.54) is 0 Å². The Hall–Kier alpha value is -4.12. The Morgan fingerprint density at radius 3 is 2.85 bits per heavy atom. The molecule has 0 fully saturated rings. The second kappa shape index (κ2) is 6.00. The third-order valence-electron chi connectivity index (χ3n) is 4.31. The molecule has 0 aliphatic heterocycles. The highest BCUT2D eigenvalue weighted by atomic mass is 15.4. The highest BCUT2D eigenvalue weighted by Gasteiger charge is 2.11. The number of rotatable bonds is 3. The van der Waals surface area contributed by atoms with Gasteiger partial charge in [-0.05, 0) is 35.9 Å². The largest absolute Gasteiger partial charge is 0.361 e. The second-order valence-corrected chi connectivity index (χ2v) is 6.04. The molecule has 0 atom stereocenters. The fourth-order valence-corrected chi connectivity index (χ4v) is 2.95. The first kappa shape index (κ1) is 15.2. The van der Waals surface area contributed by atoms with Gasteiger partial charge in [0, 0.05) is 23.5 Å². The van der Waals surface area contributed by atoms with Gasteiger partial charge in [-0.1, -0.05) is 17.9 Å². The standard InChI is InChI=1S/C19H12N8/c1-20-17-5-4-14(10-21-17)16-11-22-18-19(23-16)27(25-24-18)12-13-6-8-26-7-2-3-15(26)9-13/h2-11H,12H2. The predicted molar refractivity (Wildman–Crippen MR) is 99.1 cm³/mol. The fraction of sp³-hybridized carbons (Fsp3) is 0.0526. The Morgan fingerprint density at radius 1 is 1.04 bits per heavy atom. The Labute approximate surface area is 153 Å². The van der Waals surface area contributed by atoms with Gasteiger partial charge in [-0.15, -0.1) is 10.1 Å². The number of hydrogen-bond donors (Lipinski definition) is 0. The molecule has 5 heterocycles. The Morgan fingerprint density at radius 2 is 2.00 bits per heavy atom. The van der Waals surface area contributed by atoms with Crippen LogP contribution in [0.15, 0.2) is 61.2 Å². The van der Waals surface area contributed by atoms with Gasteiger partial charge < -0.3 is 9.25 Å². The summed E-state index contributed by atoms with van der Waals surface area (Å²) in [6.45, 7) is 7.54. The topological polar surface area (TPSA) is 78.2 Å². The van der Waals surface area contributed by atoms with Crippen LogP contribution < -0.4 is 0 Å².